The molecule has 0 spiro atoms. The summed E-state index contributed by atoms with van der Waals surface area (Å²) in [7, 11) is 0. The molecule has 0 atom stereocenters. The van der Waals surface area contributed by atoms with E-state index in [4.69, 9.17) is 14.5 Å². The quantitative estimate of drug-likeness (QED) is 0.463. The molecule has 2 N–H and O–H groups in total. The molecule has 2 aliphatic heterocycles. The van der Waals surface area contributed by atoms with Gasteiger partial charge in [-0.25, -0.2) is 9.97 Å². The fourth-order valence-corrected chi connectivity index (χ4v) is 4.62. The zero-order chi connectivity index (χ0) is 25.5. The Morgan fingerprint density at radius 2 is 2.03 bits per heavy atom. The van der Waals surface area contributed by atoms with Gasteiger partial charge in [0.05, 0.1) is 32.1 Å². The fraction of sp³-hybridized carbons (Fsp3) is 0.333. The monoisotopic (exact) mass is 497 g/mol. The Balaban J connectivity index is 1.35. The molecule has 0 unspecified atom stereocenters. The molecule has 0 radical (unpaired) electrons. The van der Waals surface area contributed by atoms with Gasteiger partial charge in [0.25, 0.3) is 0 Å². The summed E-state index contributed by atoms with van der Waals surface area (Å²) in [5.41, 5.74) is 8.01. The van der Waals surface area contributed by atoms with Gasteiger partial charge in [-0.2, -0.15) is 0 Å². The van der Waals surface area contributed by atoms with Crippen LogP contribution in [0.3, 0.4) is 0 Å². The Kier molecular flexibility index (Phi) is 8.25. The molecule has 1 aromatic heterocycles. The molecule has 192 valence electrons. The molecule has 6 bridgehead atoms. The molecule has 2 aromatic carbocycles. The van der Waals surface area contributed by atoms with E-state index in [-0.39, 0.29) is 0 Å². The number of fused-ring (bicyclic) bond motifs is 7. The average molecular weight is 498 g/mol. The topological polar surface area (TPSA) is 71.5 Å². The summed E-state index contributed by atoms with van der Waals surface area (Å²) < 4.78 is 11.4. The zero-order valence-electron chi connectivity index (χ0n) is 21.5. The number of aryl methyl sites for hydroxylation is 1. The second-order valence-electron chi connectivity index (χ2n) is 9.52. The van der Waals surface area contributed by atoms with Crippen LogP contribution in [0.25, 0.3) is 23.0 Å². The number of anilines is 2. The maximum atomic E-state index is 5.92. The van der Waals surface area contributed by atoms with Crippen molar-refractivity contribution in [1.29, 1.82) is 0 Å². The largest absolute Gasteiger partial charge is 0.385 e. The first-order valence-electron chi connectivity index (χ1n) is 13.0. The van der Waals surface area contributed by atoms with Gasteiger partial charge in [0, 0.05) is 42.8 Å². The van der Waals surface area contributed by atoms with Crippen LogP contribution in [0.15, 0.2) is 61.3 Å². The van der Waals surface area contributed by atoms with E-state index in [1.165, 1.54) is 0 Å². The van der Waals surface area contributed by atoms with E-state index in [0.717, 1.165) is 90.7 Å². The normalized spacial score (nSPS) is 16.7. The molecule has 1 fully saturated rings. The molecule has 5 rings (SSSR count). The van der Waals surface area contributed by atoms with Gasteiger partial charge in [0.2, 0.25) is 5.95 Å². The van der Waals surface area contributed by atoms with Crippen LogP contribution in [-0.4, -0.2) is 60.9 Å². The predicted octanol–water partition coefficient (Wildman–Crippen LogP) is 5.02. The van der Waals surface area contributed by atoms with E-state index < -0.39 is 0 Å². The van der Waals surface area contributed by atoms with Gasteiger partial charge in [-0.3, -0.25) is 4.90 Å². The maximum Gasteiger partial charge on any atom is 0.227 e. The number of hydrogen-bond donors (Lipinski definition) is 2. The van der Waals surface area contributed by atoms with E-state index in [2.05, 4.69) is 69.6 Å². The molecular weight excluding hydrogens is 462 g/mol. The lowest BCUT2D eigenvalue weighted by Gasteiger charge is -2.26. The molecule has 2 aliphatic rings. The minimum absolute atomic E-state index is 0.532. The number of morpholine rings is 1. The molecule has 3 aromatic rings. The van der Waals surface area contributed by atoms with Crippen molar-refractivity contribution in [2.45, 2.75) is 20.0 Å². The molecule has 0 aliphatic carbocycles. The summed E-state index contributed by atoms with van der Waals surface area (Å²) in [6.07, 6.45) is 7.05. The third kappa shape index (κ3) is 6.83. The average Bonchev–Trinajstić information content (AvgIpc) is 2.92. The highest BCUT2D eigenvalue weighted by molar-refractivity contribution is 5.73. The number of rotatable bonds is 6. The highest BCUT2D eigenvalue weighted by Crippen LogP contribution is 2.26. The van der Waals surface area contributed by atoms with E-state index in [1.807, 2.05) is 25.3 Å². The number of hydrogen-bond acceptors (Lipinski definition) is 7. The Labute approximate surface area is 219 Å². The standard InChI is InChI=1S/C30H35N5O2/c1-22-20-32-30-33-28-18-24(7-4-13-37-21-25-6-3-8-26(17-25)29(22)34-30)16-27(19-28)23(2)31-9-5-10-35-11-14-36-15-12-35/h3-4,6-8,16-20,31H,2,5,9-15,21H2,1H3,(H,32,33,34)/b7-4+. The van der Waals surface area contributed by atoms with E-state index in [9.17, 15) is 0 Å². The van der Waals surface area contributed by atoms with Crippen LogP contribution >= 0.6 is 0 Å². The number of aromatic nitrogens is 2. The minimum Gasteiger partial charge on any atom is -0.385 e. The Bertz CT molecular complexity index is 1270. The lowest BCUT2D eigenvalue weighted by molar-refractivity contribution is 0.0376. The molecule has 7 nitrogen and oxygen atoms in total. The van der Waals surface area contributed by atoms with Crippen molar-refractivity contribution in [3.8, 4) is 11.3 Å². The van der Waals surface area contributed by atoms with Crippen molar-refractivity contribution in [3.63, 3.8) is 0 Å². The molecule has 7 heteroatoms. The van der Waals surface area contributed by atoms with Gasteiger partial charge in [0.1, 0.15) is 0 Å². The summed E-state index contributed by atoms with van der Waals surface area (Å²) in [6, 6.07) is 14.7. The molecule has 0 saturated carbocycles. The Hall–Kier alpha value is -3.52. The second kappa shape index (κ2) is 12.1. The highest BCUT2D eigenvalue weighted by Gasteiger charge is 2.11. The molecule has 3 heterocycles. The smallest absolute Gasteiger partial charge is 0.227 e. The number of nitrogens with zero attached hydrogens (tertiary/aromatic N) is 3. The molecular formula is C30H35N5O2. The van der Waals surface area contributed by atoms with Crippen LogP contribution < -0.4 is 10.6 Å². The summed E-state index contributed by atoms with van der Waals surface area (Å²) in [4.78, 5) is 11.9. The van der Waals surface area contributed by atoms with Crippen LogP contribution in [0, 0.1) is 6.92 Å². The fourth-order valence-electron chi connectivity index (χ4n) is 4.62. The van der Waals surface area contributed by atoms with Crippen LogP contribution in [-0.2, 0) is 16.1 Å². The number of benzene rings is 2. The summed E-state index contributed by atoms with van der Waals surface area (Å²) in [6.45, 7) is 13.1. The van der Waals surface area contributed by atoms with E-state index in [0.29, 0.717) is 19.2 Å². The molecule has 37 heavy (non-hydrogen) atoms. The van der Waals surface area contributed by atoms with Crippen LogP contribution in [0.4, 0.5) is 11.6 Å². The Morgan fingerprint density at radius 1 is 1.14 bits per heavy atom. The first kappa shape index (κ1) is 25.1. The van der Waals surface area contributed by atoms with Crippen LogP contribution in [0.1, 0.15) is 28.7 Å². The lowest BCUT2D eigenvalue weighted by atomic mass is 10.1. The van der Waals surface area contributed by atoms with Crippen LogP contribution in [0.2, 0.25) is 0 Å². The van der Waals surface area contributed by atoms with E-state index in [1.54, 1.807) is 0 Å². The van der Waals surface area contributed by atoms with Crippen molar-refractivity contribution in [2.75, 3.05) is 51.3 Å². The van der Waals surface area contributed by atoms with Gasteiger partial charge in [-0.15, -0.1) is 0 Å². The zero-order valence-corrected chi connectivity index (χ0v) is 21.5. The van der Waals surface area contributed by atoms with Crippen molar-refractivity contribution in [1.82, 2.24) is 20.2 Å². The first-order chi connectivity index (χ1) is 18.1. The first-order valence-corrected chi connectivity index (χ1v) is 13.0. The third-order valence-corrected chi connectivity index (χ3v) is 6.62. The summed E-state index contributed by atoms with van der Waals surface area (Å²) >= 11 is 0. The SMILES string of the molecule is C=C(NCCCN1CCOCC1)c1cc2cc(c1)Nc1ncc(C)c(n1)-c1cccc(c1)COC/C=C/2. The highest BCUT2D eigenvalue weighted by atomic mass is 16.5. The Morgan fingerprint density at radius 3 is 2.92 bits per heavy atom. The lowest BCUT2D eigenvalue weighted by Crippen LogP contribution is -2.37. The van der Waals surface area contributed by atoms with Gasteiger partial charge in [-0.1, -0.05) is 36.9 Å². The third-order valence-electron chi connectivity index (χ3n) is 6.62. The second-order valence-corrected chi connectivity index (χ2v) is 9.52. The van der Waals surface area contributed by atoms with Crippen molar-refractivity contribution < 1.29 is 9.47 Å². The van der Waals surface area contributed by atoms with Crippen molar-refractivity contribution >= 4 is 23.4 Å². The van der Waals surface area contributed by atoms with Gasteiger partial charge in [0.15, 0.2) is 0 Å². The summed E-state index contributed by atoms with van der Waals surface area (Å²) in [5, 5.41) is 6.93. The summed E-state index contributed by atoms with van der Waals surface area (Å²) in [5.74, 6) is 0.563. The van der Waals surface area contributed by atoms with Gasteiger partial charge < -0.3 is 20.1 Å². The maximum absolute atomic E-state index is 5.92. The number of nitrogens with one attached hydrogen (secondary N) is 2. The predicted molar refractivity (Wildman–Crippen MR) is 150 cm³/mol. The van der Waals surface area contributed by atoms with Crippen LogP contribution in [0.5, 0.6) is 0 Å². The molecule has 0 amide bonds. The van der Waals surface area contributed by atoms with Gasteiger partial charge in [-0.05, 0) is 66.4 Å². The minimum atomic E-state index is 0.532. The molecule has 1 saturated heterocycles. The van der Waals surface area contributed by atoms with Crippen molar-refractivity contribution in [2.24, 2.45) is 0 Å². The van der Waals surface area contributed by atoms with Crippen molar-refractivity contribution in [3.05, 3.63) is 83.6 Å². The number of ether oxygens (including phenoxy) is 2. The van der Waals surface area contributed by atoms with E-state index >= 15 is 0 Å². The van der Waals surface area contributed by atoms with Gasteiger partial charge >= 0.3 is 0 Å².